The van der Waals surface area contributed by atoms with Gasteiger partial charge in [-0.05, 0) is 5.92 Å². The Bertz CT molecular complexity index is 714. The van der Waals surface area contributed by atoms with Crippen molar-refractivity contribution in [2.75, 3.05) is 0 Å². The van der Waals surface area contributed by atoms with E-state index in [-0.39, 0.29) is 0 Å². The highest BCUT2D eigenvalue weighted by Crippen LogP contribution is 2.25. The molecule has 2 aromatic heterocycles. The second-order valence-electron chi connectivity index (χ2n) is 4.96. The molecular weight excluding hydrogens is 236 g/mol. The fourth-order valence-electron chi connectivity index (χ4n) is 2.20. The first kappa shape index (κ1) is 11.8. The van der Waals surface area contributed by atoms with E-state index in [0.29, 0.717) is 5.92 Å². The third-order valence-electron chi connectivity index (χ3n) is 3.20. The number of rotatable bonds is 2. The summed E-state index contributed by atoms with van der Waals surface area (Å²) >= 11 is 0. The molecular formula is C15H16N4. The van der Waals surface area contributed by atoms with Crippen LogP contribution in [0.1, 0.15) is 25.5 Å². The molecule has 1 aromatic carbocycles. The van der Waals surface area contributed by atoms with Gasteiger partial charge in [-0.25, -0.2) is 9.97 Å². The molecule has 4 heteroatoms. The Kier molecular flexibility index (Phi) is 2.78. The molecule has 0 unspecified atom stereocenters. The quantitative estimate of drug-likeness (QED) is 0.703. The molecule has 0 saturated heterocycles. The second kappa shape index (κ2) is 4.46. The summed E-state index contributed by atoms with van der Waals surface area (Å²) in [5.41, 5.74) is 2.97. The predicted molar refractivity (Wildman–Crippen MR) is 75.8 cm³/mol. The van der Waals surface area contributed by atoms with Gasteiger partial charge in [0.25, 0.3) is 0 Å². The van der Waals surface area contributed by atoms with Crippen LogP contribution in [0.25, 0.3) is 22.4 Å². The molecule has 0 aliphatic carbocycles. The van der Waals surface area contributed by atoms with Crippen molar-refractivity contribution in [3.63, 3.8) is 0 Å². The number of hydrogen-bond acceptors (Lipinski definition) is 3. The van der Waals surface area contributed by atoms with Crippen molar-refractivity contribution >= 4 is 11.0 Å². The number of aromatic nitrogens is 4. The predicted octanol–water partition coefficient (Wildman–Crippen LogP) is 3.15. The minimum Gasteiger partial charge on any atom is -0.250 e. The van der Waals surface area contributed by atoms with Crippen LogP contribution in [0.3, 0.4) is 0 Å². The van der Waals surface area contributed by atoms with Crippen molar-refractivity contribution in [2.45, 2.75) is 19.8 Å². The molecule has 96 valence electrons. The van der Waals surface area contributed by atoms with Gasteiger partial charge in [0.05, 0.1) is 17.3 Å². The Labute approximate surface area is 112 Å². The van der Waals surface area contributed by atoms with Crippen LogP contribution in [0.2, 0.25) is 0 Å². The third-order valence-corrected chi connectivity index (χ3v) is 3.20. The van der Waals surface area contributed by atoms with E-state index in [0.717, 1.165) is 28.1 Å². The van der Waals surface area contributed by atoms with Gasteiger partial charge in [0.15, 0.2) is 11.5 Å². The lowest BCUT2D eigenvalue weighted by Crippen LogP contribution is -2.01. The molecule has 0 bridgehead atoms. The zero-order valence-electron chi connectivity index (χ0n) is 11.3. The highest BCUT2D eigenvalue weighted by atomic mass is 15.3. The van der Waals surface area contributed by atoms with E-state index in [4.69, 9.17) is 4.98 Å². The molecule has 4 nitrogen and oxygen atoms in total. The van der Waals surface area contributed by atoms with Gasteiger partial charge in [-0.2, -0.15) is 5.10 Å². The van der Waals surface area contributed by atoms with Crippen LogP contribution >= 0.6 is 0 Å². The van der Waals surface area contributed by atoms with E-state index < -0.39 is 0 Å². The van der Waals surface area contributed by atoms with Gasteiger partial charge in [-0.3, -0.25) is 4.68 Å². The fraction of sp³-hybridized carbons (Fsp3) is 0.267. The van der Waals surface area contributed by atoms with E-state index in [2.05, 4.69) is 23.9 Å². The van der Waals surface area contributed by atoms with Gasteiger partial charge < -0.3 is 0 Å². The zero-order valence-corrected chi connectivity index (χ0v) is 11.3. The summed E-state index contributed by atoms with van der Waals surface area (Å²) in [6, 6.07) is 10.1. The maximum absolute atomic E-state index is 4.72. The average molecular weight is 252 g/mol. The van der Waals surface area contributed by atoms with Gasteiger partial charge in [-0.15, -0.1) is 0 Å². The Hall–Kier alpha value is -2.23. The Balaban J connectivity index is 2.30. The molecule has 0 spiro atoms. The largest absolute Gasteiger partial charge is 0.250 e. The van der Waals surface area contributed by atoms with Gasteiger partial charge in [0, 0.05) is 12.6 Å². The van der Waals surface area contributed by atoms with Crippen LogP contribution < -0.4 is 0 Å². The number of fused-ring (bicyclic) bond motifs is 1. The van der Waals surface area contributed by atoms with Crippen molar-refractivity contribution < 1.29 is 0 Å². The summed E-state index contributed by atoms with van der Waals surface area (Å²) in [6.45, 7) is 4.28. The highest BCUT2D eigenvalue weighted by Gasteiger charge is 2.14. The van der Waals surface area contributed by atoms with Crippen molar-refractivity contribution in [1.29, 1.82) is 0 Å². The standard InChI is InChI=1S/C15H16N4/c1-10(2)13-12-9-16-19(3)15(12)18-14(17-13)11-7-5-4-6-8-11/h4-10H,1-3H3. The number of hydrogen-bond donors (Lipinski definition) is 0. The molecule has 19 heavy (non-hydrogen) atoms. The summed E-state index contributed by atoms with van der Waals surface area (Å²) in [6.07, 6.45) is 1.85. The van der Waals surface area contributed by atoms with E-state index in [9.17, 15) is 0 Å². The van der Waals surface area contributed by atoms with Gasteiger partial charge in [-0.1, -0.05) is 44.2 Å². The minimum atomic E-state index is 0.345. The van der Waals surface area contributed by atoms with Gasteiger partial charge >= 0.3 is 0 Å². The van der Waals surface area contributed by atoms with Crippen molar-refractivity contribution in [2.24, 2.45) is 7.05 Å². The smallest absolute Gasteiger partial charge is 0.161 e. The van der Waals surface area contributed by atoms with E-state index >= 15 is 0 Å². The summed E-state index contributed by atoms with van der Waals surface area (Å²) in [7, 11) is 1.91. The van der Waals surface area contributed by atoms with Crippen LogP contribution in [0.15, 0.2) is 36.5 Å². The second-order valence-corrected chi connectivity index (χ2v) is 4.96. The molecule has 0 N–H and O–H groups in total. The maximum atomic E-state index is 4.72. The van der Waals surface area contributed by atoms with E-state index in [1.54, 1.807) is 4.68 Å². The molecule has 3 rings (SSSR count). The lowest BCUT2D eigenvalue weighted by atomic mass is 10.1. The topological polar surface area (TPSA) is 43.6 Å². The van der Waals surface area contributed by atoms with Crippen LogP contribution in [-0.4, -0.2) is 19.7 Å². The first-order valence-corrected chi connectivity index (χ1v) is 6.42. The molecule has 0 aliphatic rings. The summed E-state index contributed by atoms with van der Waals surface area (Å²) < 4.78 is 1.80. The minimum absolute atomic E-state index is 0.345. The molecule has 0 fully saturated rings. The van der Waals surface area contributed by atoms with Crippen molar-refractivity contribution in [1.82, 2.24) is 19.7 Å². The van der Waals surface area contributed by atoms with E-state index in [1.165, 1.54) is 0 Å². The molecule has 2 heterocycles. The SMILES string of the molecule is CC(C)c1nc(-c2ccccc2)nc2c1cnn2C. The van der Waals surface area contributed by atoms with Crippen LogP contribution in [0.4, 0.5) is 0 Å². The molecule has 0 saturated carbocycles. The monoisotopic (exact) mass is 252 g/mol. The highest BCUT2D eigenvalue weighted by molar-refractivity contribution is 5.79. The Morgan fingerprint density at radius 3 is 2.47 bits per heavy atom. The normalized spacial score (nSPS) is 11.4. The first-order valence-electron chi connectivity index (χ1n) is 6.42. The lowest BCUT2D eigenvalue weighted by molar-refractivity contribution is 0.783. The lowest BCUT2D eigenvalue weighted by Gasteiger charge is -2.09. The Morgan fingerprint density at radius 1 is 1.05 bits per heavy atom. The van der Waals surface area contributed by atoms with Gasteiger partial charge in [0.1, 0.15) is 0 Å². The molecule has 0 aliphatic heterocycles. The molecule has 0 amide bonds. The number of aryl methyl sites for hydroxylation is 1. The summed E-state index contributed by atoms with van der Waals surface area (Å²) in [5, 5.41) is 5.33. The summed E-state index contributed by atoms with van der Waals surface area (Å²) in [5.74, 6) is 1.11. The molecule has 3 aromatic rings. The fourth-order valence-corrected chi connectivity index (χ4v) is 2.20. The number of nitrogens with zero attached hydrogens (tertiary/aromatic N) is 4. The third kappa shape index (κ3) is 1.99. The summed E-state index contributed by atoms with van der Waals surface area (Å²) in [4.78, 5) is 9.36. The van der Waals surface area contributed by atoms with Gasteiger partial charge in [0.2, 0.25) is 0 Å². The van der Waals surface area contributed by atoms with Crippen molar-refractivity contribution in [3.8, 4) is 11.4 Å². The number of benzene rings is 1. The van der Waals surface area contributed by atoms with Crippen LogP contribution in [-0.2, 0) is 7.05 Å². The average Bonchev–Trinajstić information content (AvgIpc) is 2.80. The maximum Gasteiger partial charge on any atom is 0.161 e. The van der Waals surface area contributed by atoms with E-state index in [1.807, 2.05) is 43.6 Å². The molecule has 0 atom stereocenters. The van der Waals surface area contributed by atoms with Crippen molar-refractivity contribution in [3.05, 3.63) is 42.2 Å². The van der Waals surface area contributed by atoms with Crippen LogP contribution in [0.5, 0.6) is 0 Å². The molecule has 0 radical (unpaired) electrons. The zero-order chi connectivity index (χ0) is 13.4. The Morgan fingerprint density at radius 2 is 1.79 bits per heavy atom. The first-order chi connectivity index (χ1) is 9.16. The van der Waals surface area contributed by atoms with Crippen LogP contribution in [0, 0.1) is 0 Å².